The number of ether oxygens (including phenoxy) is 3. The van der Waals surface area contributed by atoms with E-state index in [0.717, 1.165) is 12.0 Å². The van der Waals surface area contributed by atoms with Gasteiger partial charge in [0.15, 0.2) is 24.1 Å². The van der Waals surface area contributed by atoms with Crippen LogP contribution in [0.4, 0.5) is 5.69 Å². The molecule has 4 aromatic rings. The topological polar surface area (TPSA) is 98.1 Å². The van der Waals surface area contributed by atoms with E-state index in [1.54, 1.807) is 16.6 Å². The molecule has 1 atom stereocenters. The third-order valence-electron chi connectivity index (χ3n) is 7.02. The van der Waals surface area contributed by atoms with Crippen molar-refractivity contribution in [2.75, 3.05) is 13.3 Å². The van der Waals surface area contributed by atoms with E-state index < -0.39 is 6.23 Å². The van der Waals surface area contributed by atoms with Crippen molar-refractivity contribution in [1.82, 2.24) is 25.1 Å². The van der Waals surface area contributed by atoms with Crippen molar-refractivity contribution in [3.8, 4) is 23.0 Å². The molecule has 0 aliphatic rings. The van der Waals surface area contributed by atoms with Gasteiger partial charge in [0.1, 0.15) is 23.2 Å². The van der Waals surface area contributed by atoms with Gasteiger partial charge in [-0.05, 0) is 31.5 Å². The van der Waals surface area contributed by atoms with E-state index in [2.05, 4.69) is 32.5 Å². The standard InChI is InChI=1S/C32H42Cl2N6O3/c1-3-4-5-6-7-8-9-10-11-15-20-41-28-19-18-26(33)21-27(28)36-23-42-24(2)35-22-43-32-29(34)31-38-37-30(40(31)39-32)25-16-13-12-14-17-25/h12-14,16-19,21,23-24,35,39H,3-11,15,20,22H2,1-2H3. The number of fused-ring (bicyclic) bond motifs is 1. The van der Waals surface area contributed by atoms with Gasteiger partial charge in [0.05, 0.1) is 6.61 Å². The van der Waals surface area contributed by atoms with E-state index in [4.69, 9.17) is 37.4 Å². The molecular weight excluding hydrogens is 587 g/mol. The lowest BCUT2D eigenvalue weighted by Crippen LogP contribution is -2.32. The maximum absolute atomic E-state index is 6.46. The molecule has 2 heterocycles. The fraction of sp³-hybridized carbons (Fsp3) is 0.469. The van der Waals surface area contributed by atoms with Gasteiger partial charge in [-0.2, -0.15) is 0 Å². The number of hydrogen-bond acceptors (Lipinski definition) is 7. The number of nitrogens with zero attached hydrogens (tertiary/aromatic N) is 4. The first-order valence-electron chi connectivity index (χ1n) is 15.2. The number of unbranched alkanes of at least 4 members (excludes halogenated alkanes) is 9. The molecule has 0 bridgehead atoms. The Morgan fingerprint density at radius 1 is 0.930 bits per heavy atom. The van der Waals surface area contributed by atoms with Gasteiger partial charge < -0.3 is 14.2 Å². The molecule has 9 nitrogen and oxygen atoms in total. The van der Waals surface area contributed by atoms with E-state index >= 15 is 0 Å². The van der Waals surface area contributed by atoms with E-state index in [-0.39, 0.29) is 6.73 Å². The zero-order valence-corrected chi connectivity index (χ0v) is 26.5. The lowest BCUT2D eigenvalue weighted by atomic mass is 10.1. The molecule has 232 valence electrons. The monoisotopic (exact) mass is 628 g/mol. The first kappa shape index (κ1) is 32.6. The van der Waals surface area contributed by atoms with Gasteiger partial charge in [0.25, 0.3) is 0 Å². The van der Waals surface area contributed by atoms with E-state index in [1.165, 1.54) is 64.2 Å². The molecule has 0 aliphatic heterocycles. The molecule has 4 rings (SSSR count). The van der Waals surface area contributed by atoms with Crippen molar-refractivity contribution in [2.45, 2.75) is 84.3 Å². The van der Waals surface area contributed by atoms with Crippen molar-refractivity contribution in [3.63, 3.8) is 0 Å². The molecule has 43 heavy (non-hydrogen) atoms. The van der Waals surface area contributed by atoms with E-state index in [9.17, 15) is 0 Å². The Labute approximate surface area is 263 Å². The van der Waals surface area contributed by atoms with Crippen LogP contribution in [0, 0.1) is 0 Å². The van der Waals surface area contributed by atoms with Crippen LogP contribution in [0.15, 0.2) is 53.5 Å². The van der Waals surface area contributed by atoms with Gasteiger partial charge in [0.2, 0.25) is 5.88 Å². The lowest BCUT2D eigenvalue weighted by Gasteiger charge is -2.13. The third-order valence-corrected chi connectivity index (χ3v) is 7.60. The van der Waals surface area contributed by atoms with Crippen molar-refractivity contribution in [2.24, 2.45) is 4.99 Å². The summed E-state index contributed by atoms with van der Waals surface area (Å²) in [6.07, 6.45) is 13.8. The van der Waals surface area contributed by atoms with Gasteiger partial charge in [-0.3, -0.25) is 5.10 Å². The summed E-state index contributed by atoms with van der Waals surface area (Å²) >= 11 is 12.7. The summed E-state index contributed by atoms with van der Waals surface area (Å²) < 4.78 is 19.2. The average Bonchev–Trinajstić information content (AvgIpc) is 3.57. The second-order valence-electron chi connectivity index (χ2n) is 10.5. The summed E-state index contributed by atoms with van der Waals surface area (Å²) in [5.74, 6) is 1.70. The van der Waals surface area contributed by atoms with Crippen LogP contribution in [0.3, 0.4) is 0 Å². The van der Waals surface area contributed by atoms with Crippen LogP contribution in [0.5, 0.6) is 11.6 Å². The number of benzene rings is 2. The summed E-state index contributed by atoms with van der Waals surface area (Å²) in [7, 11) is 0. The minimum atomic E-state index is -0.390. The molecule has 0 spiro atoms. The highest BCUT2D eigenvalue weighted by Crippen LogP contribution is 2.31. The van der Waals surface area contributed by atoms with Gasteiger partial charge in [-0.15, -0.1) is 10.2 Å². The number of hydrogen-bond donors (Lipinski definition) is 2. The highest BCUT2D eigenvalue weighted by Gasteiger charge is 2.18. The van der Waals surface area contributed by atoms with Crippen LogP contribution in [0.25, 0.3) is 17.0 Å². The molecule has 2 aromatic carbocycles. The zero-order valence-electron chi connectivity index (χ0n) is 25.0. The van der Waals surface area contributed by atoms with Gasteiger partial charge in [0, 0.05) is 10.6 Å². The molecule has 0 amide bonds. The number of H-pyrrole nitrogens is 1. The molecule has 2 aromatic heterocycles. The predicted octanol–water partition coefficient (Wildman–Crippen LogP) is 8.98. The van der Waals surface area contributed by atoms with Crippen LogP contribution < -0.4 is 14.8 Å². The largest absolute Gasteiger partial charge is 0.491 e. The maximum Gasteiger partial charge on any atom is 0.230 e. The Morgan fingerprint density at radius 2 is 1.65 bits per heavy atom. The fourth-order valence-corrected chi connectivity index (χ4v) is 4.98. The Balaban J connectivity index is 1.17. The molecule has 11 heteroatoms. The lowest BCUT2D eigenvalue weighted by molar-refractivity contribution is 0.136. The number of halogens is 2. The molecule has 0 saturated heterocycles. The number of aromatic nitrogens is 4. The summed E-state index contributed by atoms with van der Waals surface area (Å²) in [5, 5.41) is 15.5. The Hall–Kier alpha value is -3.27. The maximum atomic E-state index is 6.46. The van der Waals surface area contributed by atoms with Crippen LogP contribution in [0.2, 0.25) is 10.0 Å². The Bertz CT molecular complexity index is 1410. The molecule has 1 unspecified atom stereocenters. The van der Waals surface area contributed by atoms with Crippen molar-refractivity contribution in [3.05, 3.63) is 58.6 Å². The second kappa shape index (κ2) is 17.8. The third kappa shape index (κ3) is 10.2. The molecule has 0 fully saturated rings. The van der Waals surface area contributed by atoms with Gasteiger partial charge in [-0.1, -0.05) is 118 Å². The highest BCUT2D eigenvalue weighted by atomic mass is 35.5. The first-order chi connectivity index (χ1) is 21.1. The number of rotatable bonds is 20. The molecule has 0 aliphatic carbocycles. The average molecular weight is 630 g/mol. The Kier molecular flexibility index (Phi) is 13.5. The van der Waals surface area contributed by atoms with Gasteiger partial charge in [-0.25, -0.2) is 14.8 Å². The minimum Gasteiger partial charge on any atom is -0.491 e. The number of aromatic amines is 1. The summed E-state index contributed by atoms with van der Waals surface area (Å²) in [4.78, 5) is 4.43. The van der Waals surface area contributed by atoms with Crippen LogP contribution in [-0.2, 0) is 4.74 Å². The highest BCUT2D eigenvalue weighted by molar-refractivity contribution is 6.34. The summed E-state index contributed by atoms with van der Waals surface area (Å²) in [6, 6.07) is 15.1. The van der Waals surface area contributed by atoms with Crippen molar-refractivity contribution in [1.29, 1.82) is 0 Å². The van der Waals surface area contributed by atoms with Crippen LogP contribution >= 0.6 is 23.2 Å². The smallest absolute Gasteiger partial charge is 0.230 e. The summed E-state index contributed by atoms with van der Waals surface area (Å²) in [6.45, 7) is 4.88. The minimum absolute atomic E-state index is 0.136. The van der Waals surface area contributed by atoms with Crippen LogP contribution in [0.1, 0.15) is 78.1 Å². The molecule has 0 saturated carbocycles. The predicted molar refractivity (Wildman–Crippen MR) is 174 cm³/mol. The number of nitrogens with one attached hydrogen (secondary N) is 2. The SMILES string of the molecule is CCCCCCCCCCCCOc1ccc(Cl)cc1N=COC(C)NCOc1[nH]n2c(-c3ccccc3)nnc2c1Cl. The van der Waals surface area contributed by atoms with Crippen molar-refractivity contribution < 1.29 is 14.2 Å². The fourth-order valence-electron chi connectivity index (χ4n) is 4.60. The zero-order chi connectivity index (χ0) is 30.3. The molecular formula is C32H42Cl2N6O3. The molecule has 0 radical (unpaired) electrons. The normalized spacial score (nSPS) is 12.3. The quantitative estimate of drug-likeness (QED) is 0.0438. The van der Waals surface area contributed by atoms with Crippen molar-refractivity contribution >= 4 is 40.9 Å². The van der Waals surface area contributed by atoms with Gasteiger partial charge >= 0.3 is 0 Å². The second-order valence-corrected chi connectivity index (χ2v) is 11.3. The Morgan fingerprint density at radius 3 is 2.40 bits per heavy atom. The van der Waals surface area contributed by atoms with E-state index in [0.29, 0.717) is 45.4 Å². The molecule has 2 N–H and O–H groups in total. The summed E-state index contributed by atoms with van der Waals surface area (Å²) in [5.41, 5.74) is 2.01. The first-order valence-corrected chi connectivity index (χ1v) is 16.0. The number of aliphatic imine (C=N–C) groups is 1. The van der Waals surface area contributed by atoms with E-state index in [1.807, 2.05) is 43.3 Å². The van der Waals surface area contributed by atoms with Crippen LogP contribution in [-0.4, -0.2) is 45.8 Å².